The van der Waals surface area contributed by atoms with Crippen LogP contribution >= 0.6 is 12.6 Å². The zero-order chi connectivity index (χ0) is 19.4. The first-order valence-corrected chi connectivity index (χ1v) is 9.16. The van der Waals surface area contributed by atoms with Crippen LogP contribution in [-0.4, -0.2) is 71.8 Å². The highest BCUT2D eigenvalue weighted by Gasteiger charge is 2.47. The molecule has 0 bridgehead atoms. The highest BCUT2D eigenvalue weighted by molar-refractivity contribution is 7.80. The lowest BCUT2D eigenvalue weighted by molar-refractivity contribution is -0.259. The largest absolute Gasteiger partial charge is 0.396 e. The van der Waals surface area contributed by atoms with E-state index >= 15 is 0 Å². The van der Waals surface area contributed by atoms with Crippen LogP contribution in [0, 0.1) is 16.7 Å². The van der Waals surface area contributed by atoms with Crippen molar-refractivity contribution in [3.63, 3.8) is 0 Å². The molecule has 148 valence electrons. The number of hydrogen-bond donors (Lipinski definition) is 5. The van der Waals surface area contributed by atoms with Gasteiger partial charge in [0.05, 0.1) is 31.3 Å². The van der Waals surface area contributed by atoms with Gasteiger partial charge in [0.1, 0.15) is 6.10 Å². The fourth-order valence-electron chi connectivity index (χ4n) is 3.44. The second-order valence-electron chi connectivity index (χ2n) is 8.18. The van der Waals surface area contributed by atoms with Gasteiger partial charge in [-0.25, -0.2) is 0 Å². The molecule has 25 heavy (non-hydrogen) atoms. The van der Waals surface area contributed by atoms with Gasteiger partial charge in [-0.1, -0.05) is 27.7 Å². The van der Waals surface area contributed by atoms with Crippen LogP contribution in [0.15, 0.2) is 0 Å². The van der Waals surface area contributed by atoms with Crippen molar-refractivity contribution >= 4 is 18.5 Å². The number of carbonyl (C=O) groups is 1. The topological polar surface area (TPSA) is 108 Å². The van der Waals surface area contributed by atoms with E-state index in [1.54, 1.807) is 0 Å². The molecule has 5 atom stereocenters. The summed E-state index contributed by atoms with van der Waals surface area (Å²) in [7, 11) is 1.40. The maximum absolute atomic E-state index is 12.8. The molecule has 0 aromatic carbocycles. The Bertz CT molecular complexity index is 445. The molecular formula is C17H33NO6S. The number of aliphatic hydroxyl groups excluding tert-OH is 3. The molecule has 0 radical (unpaired) electrons. The van der Waals surface area contributed by atoms with Gasteiger partial charge in [0, 0.05) is 12.5 Å². The molecule has 8 heteroatoms. The molecular weight excluding hydrogens is 346 g/mol. The Morgan fingerprint density at radius 3 is 2.28 bits per heavy atom. The highest BCUT2D eigenvalue weighted by Crippen LogP contribution is 2.35. The summed E-state index contributed by atoms with van der Waals surface area (Å²) in [6.07, 6.45) is -2.16. The number of aliphatic hydroxyl groups is 3. The van der Waals surface area contributed by atoms with E-state index in [0.717, 1.165) is 0 Å². The molecule has 0 saturated carbocycles. The number of rotatable bonds is 8. The Morgan fingerprint density at radius 1 is 1.24 bits per heavy atom. The summed E-state index contributed by atoms with van der Waals surface area (Å²) in [6.45, 7) is 6.99. The third kappa shape index (κ3) is 5.55. The second-order valence-corrected chi connectivity index (χ2v) is 8.50. The Morgan fingerprint density at radius 2 is 1.84 bits per heavy atom. The van der Waals surface area contributed by atoms with Gasteiger partial charge in [-0.15, -0.1) is 0 Å². The lowest BCUT2D eigenvalue weighted by Crippen LogP contribution is -2.64. The Balaban J connectivity index is 2.92. The average Bonchev–Trinajstić information content (AvgIpc) is 2.55. The second kappa shape index (κ2) is 9.01. The van der Waals surface area contributed by atoms with E-state index in [1.165, 1.54) is 7.11 Å². The summed E-state index contributed by atoms with van der Waals surface area (Å²) in [4.78, 5) is 12.8. The van der Waals surface area contributed by atoms with Crippen LogP contribution in [0.25, 0.3) is 0 Å². The molecule has 0 aromatic rings. The molecule has 0 aliphatic carbocycles. The van der Waals surface area contributed by atoms with Crippen molar-refractivity contribution < 1.29 is 29.6 Å². The first-order valence-electron chi connectivity index (χ1n) is 8.53. The van der Waals surface area contributed by atoms with E-state index in [-0.39, 0.29) is 24.5 Å². The Labute approximate surface area is 155 Å². The maximum atomic E-state index is 12.8. The van der Waals surface area contributed by atoms with E-state index in [9.17, 15) is 20.1 Å². The molecule has 1 unspecified atom stereocenters. The first kappa shape index (κ1) is 22.7. The van der Waals surface area contributed by atoms with Crippen LogP contribution in [0.4, 0.5) is 0 Å². The predicted molar refractivity (Wildman–Crippen MR) is 97.3 cm³/mol. The molecule has 1 fully saturated rings. The molecule has 1 amide bonds. The molecule has 0 aromatic heterocycles. The third-order valence-electron chi connectivity index (χ3n) is 4.75. The van der Waals surface area contributed by atoms with Gasteiger partial charge in [0.15, 0.2) is 6.29 Å². The van der Waals surface area contributed by atoms with Crippen molar-refractivity contribution in [3.8, 4) is 0 Å². The van der Waals surface area contributed by atoms with Crippen LogP contribution < -0.4 is 5.32 Å². The van der Waals surface area contributed by atoms with E-state index in [2.05, 4.69) is 17.9 Å². The lowest BCUT2D eigenvalue weighted by Gasteiger charge is -2.44. The zero-order valence-corrected chi connectivity index (χ0v) is 16.6. The summed E-state index contributed by atoms with van der Waals surface area (Å²) < 4.78 is 10.7. The molecule has 1 saturated heterocycles. The standard InChI is InChI=1S/C17H33NO6S/c1-16(2,9-25)8-17(3,4)15(22)18-12-11(7-20)24-14(23-5)10(6-19)13(12)21/h10-14,19-21,25H,6-9H2,1-5H3,(H,18,22)/t10?,11-,12+,13+,14+/m0/s1. The Kier molecular flexibility index (Phi) is 8.17. The normalized spacial score (nSPS) is 31.0. The molecule has 1 heterocycles. The van der Waals surface area contributed by atoms with Crippen molar-refractivity contribution in [3.05, 3.63) is 0 Å². The van der Waals surface area contributed by atoms with Crippen LogP contribution in [-0.2, 0) is 14.3 Å². The fourth-order valence-corrected chi connectivity index (χ4v) is 3.56. The van der Waals surface area contributed by atoms with Gasteiger partial charge in [-0.3, -0.25) is 4.79 Å². The smallest absolute Gasteiger partial charge is 0.226 e. The molecule has 1 rings (SSSR count). The minimum Gasteiger partial charge on any atom is -0.396 e. The molecule has 0 spiro atoms. The summed E-state index contributed by atoms with van der Waals surface area (Å²) in [5.41, 5.74) is -0.824. The number of methoxy groups -OCH3 is 1. The number of nitrogens with one attached hydrogen (secondary N) is 1. The van der Waals surface area contributed by atoms with Crippen LogP contribution in [0.5, 0.6) is 0 Å². The van der Waals surface area contributed by atoms with Gasteiger partial charge in [0.2, 0.25) is 5.91 Å². The molecule has 1 aliphatic rings. The number of ether oxygens (including phenoxy) is 2. The van der Waals surface area contributed by atoms with E-state index < -0.39 is 35.9 Å². The van der Waals surface area contributed by atoms with E-state index in [1.807, 2.05) is 27.7 Å². The number of carbonyl (C=O) groups excluding carboxylic acids is 1. The van der Waals surface area contributed by atoms with Crippen molar-refractivity contribution in [1.29, 1.82) is 0 Å². The van der Waals surface area contributed by atoms with Gasteiger partial charge in [0.25, 0.3) is 0 Å². The van der Waals surface area contributed by atoms with Crippen LogP contribution in [0.3, 0.4) is 0 Å². The van der Waals surface area contributed by atoms with Crippen LogP contribution in [0.1, 0.15) is 34.1 Å². The zero-order valence-electron chi connectivity index (χ0n) is 15.7. The maximum Gasteiger partial charge on any atom is 0.226 e. The van der Waals surface area contributed by atoms with Crippen molar-refractivity contribution in [2.24, 2.45) is 16.7 Å². The van der Waals surface area contributed by atoms with E-state index in [4.69, 9.17) is 9.47 Å². The summed E-state index contributed by atoms with van der Waals surface area (Å²) >= 11 is 4.33. The van der Waals surface area contributed by atoms with Crippen molar-refractivity contribution in [2.45, 2.75) is 58.7 Å². The monoisotopic (exact) mass is 379 g/mol. The average molecular weight is 380 g/mol. The van der Waals surface area contributed by atoms with Gasteiger partial charge in [-0.2, -0.15) is 12.6 Å². The van der Waals surface area contributed by atoms with Gasteiger partial charge >= 0.3 is 0 Å². The molecule has 4 N–H and O–H groups in total. The van der Waals surface area contributed by atoms with Crippen molar-refractivity contribution in [2.75, 3.05) is 26.1 Å². The van der Waals surface area contributed by atoms with Crippen LogP contribution in [0.2, 0.25) is 0 Å². The predicted octanol–water partition coefficient (Wildman–Crippen LogP) is 0.176. The molecule has 1 aliphatic heterocycles. The minimum absolute atomic E-state index is 0.128. The summed E-state index contributed by atoms with van der Waals surface area (Å²) in [5.74, 6) is -0.323. The SMILES string of the molecule is CO[C@@H]1O[C@@H](CO)[C@@H](NC(=O)C(C)(C)CC(C)(C)CS)[C@H](O)C1CO. The first-order chi connectivity index (χ1) is 11.5. The lowest BCUT2D eigenvalue weighted by atomic mass is 9.75. The minimum atomic E-state index is -1.10. The van der Waals surface area contributed by atoms with Gasteiger partial charge < -0.3 is 30.1 Å². The van der Waals surface area contributed by atoms with Gasteiger partial charge in [-0.05, 0) is 17.6 Å². The fraction of sp³-hybridized carbons (Fsp3) is 0.941. The highest BCUT2D eigenvalue weighted by atomic mass is 32.1. The number of amides is 1. The quantitative estimate of drug-likeness (QED) is 0.385. The Hall–Kier alpha value is -0.380. The summed E-state index contributed by atoms with van der Waals surface area (Å²) in [6, 6.07) is -0.834. The van der Waals surface area contributed by atoms with Crippen molar-refractivity contribution in [1.82, 2.24) is 5.32 Å². The summed E-state index contributed by atoms with van der Waals surface area (Å²) in [5, 5.41) is 32.5. The number of hydrogen-bond acceptors (Lipinski definition) is 7. The molecule has 7 nitrogen and oxygen atoms in total. The third-order valence-corrected chi connectivity index (χ3v) is 5.61. The van der Waals surface area contributed by atoms with E-state index in [0.29, 0.717) is 12.2 Å². The number of thiol groups is 1.